The molecular formula is C4H8BrN3. The van der Waals surface area contributed by atoms with Gasteiger partial charge in [0.25, 0.3) is 0 Å². The molecule has 4 heteroatoms. The summed E-state index contributed by atoms with van der Waals surface area (Å²) in [5.74, 6) is 0.0272. The van der Waals surface area contributed by atoms with Gasteiger partial charge in [0, 0.05) is 13.2 Å². The van der Waals surface area contributed by atoms with Gasteiger partial charge in [-0.15, -0.1) is 0 Å². The molecule has 0 amide bonds. The molecule has 0 aliphatic carbocycles. The van der Waals surface area contributed by atoms with Gasteiger partial charge in [0.2, 0.25) is 0 Å². The molecule has 0 fully saturated rings. The van der Waals surface area contributed by atoms with E-state index in [9.17, 15) is 0 Å². The Morgan fingerprint density at radius 1 is 1.88 bits per heavy atom. The zero-order chi connectivity index (χ0) is 6.57. The molecule has 0 aromatic carbocycles. The summed E-state index contributed by atoms with van der Waals surface area (Å²) in [6.07, 6.45) is 1.60. The van der Waals surface area contributed by atoms with Gasteiger partial charge in [0.15, 0.2) is 0 Å². The molecule has 0 rings (SSSR count). The van der Waals surface area contributed by atoms with Crippen LogP contribution >= 0.6 is 15.9 Å². The molecule has 8 heavy (non-hydrogen) atoms. The minimum atomic E-state index is 0.0272. The van der Waals surface area contributed by atoms with Crippen LogP contribution in [0.15, 0.2) is 10.7 Å². The summed E-state index contributed by atoms with van der Waals surface area (Å²) in [5.41, 5.74) is 5.05. The van der Waals surface area contributed by atoms with E-state index in [2.05, 4.69) is 21.2 Å². The van der Waals surface area contributed by atoms with Crippen molar-refractivity contribution in [1.29, 1.82) is 5.41 Å². The van der Waals surface area contributed by atoms with Crippen LogP contribution in [-0.2, 0) is 0 Å². The van der Waals surface area contributed by atoms with Crippen molar-refractivity contribution in [3.63, 3.8) is 0 Å². The second-order valence-electron chi connectivity index (χ2n) is 1.19. The van der Waals surface area contributed by atoms with Crippen molar-refractivity contribution in [3.05, 3.63) is 10.7 Å². The maximum absolute atomic E-state index is 6.83. The summed E-state index contributed by atoms with van der Waals surface area (Å²) in [4.78, 5) is 0. The van der Waals surface area contributed by atoms with Crippen molar-refractivity contribution in [3.8, 4) is 0 Å². The Morgan fingerprint density at radius 2 is 2.38 bits per heavy atom. The molecule has 0 aromatic heterocycles. The van der Waals surface area contributed by atoms with Gasteiger partial charge in [-0.25, -0.2) is 0 Å². The molecule has 46 valence electrons. The smallest absolute Gasteiger partial charge is 0.131 e. The summed E-state index contributed by atoms with van der Waals surface area (Å²) >= 11 is 3.05. The first-order valence-corrected chi connectivity index (χ1v) is 2.85. The van der Waals surface area contributed by atoms with Crippen molar-refractivity contribution in [2.24, 2.45) is 5.73 Å². The van der Waals surface area contributed by atoms with Crippen molar-refractivity contribution in [2.45, 2.75) is 0 Å². The van der Waals surface area contributed by atoms with Gasteiger partial charge in [-0.1, -0.05) is 0 Å². The maximum Gasteiger partial charge on any atom is 0.131 e. The number of rotatable bonds is 2. The van der Waals surface area contributed by atoms with Crippen LogP contribution in [0.1, 0.15) is 0 Å². The minimum absolute atomic E-state index is 0.0272. The average Bonchev–Trinajstić information content (AvgIpc) is 1.67. The van der Waals surface area contributed by atoms with Gasteiger partial charge in [0.1, 0.15) is 5.84 Å². The average molecular weight is 178 g/mol. The molecule has 4 N–H and O–H groups in total. The third kappa shape index (κ3) is 2.63. The maximum atomic E-state index is 6.83. The highest BCUT2D eigenvalue weighted by Crippen LogP contribution is 1.99. The van der Waals surface area contributed by atoms with Crippen molar-refractivity contribution in [1.82, 2.24) is 5.32 Å². The highest BCUT2D eigenvalue weighted by molar-refractivity contribution is 9.12. The number of amidine groups is 1. The Morgan fingerprint density at radius 3 is 2.50 bits per heavy atom. The Hall–Kier alpha value is -0.510. The van der Waals surface area contributed by atoms with Gasteiger partial charge in [-0.05, 0) is 15.9 Å². The minimum Gasteiger partial charge on any atom is -0.393 e. The van der Waals surface area contributed by atoms with Gasteiger partial charge < -0.3 is 11.1 Å². The molecule has 0 saturated carbocycles. The number of nitrogens with two attached hydrogens (primary N) is 1. The molecule has 0 saturated heterocycles. The zero-order valence-electron chi connectivity index (χ0n) is 4.53. The van der Waals surface area contributed by atoms with Crippen molar-refractivity contribution >= 4 is 21.8 Å². The fraction of sp³-hybridized carbons (Fsp3) is 0.250. The van der Waals surface area contributed by atoms with Crippen LogP contribution in [0.3, 0.4) is 0 Å². The molecule has 0 aliphatic rings. The molecule has 0 unspecified atom stereocenters. The molecule has 0 bridgehead atoms. The van der Waals surface area contributed by atoms with E-state index in [0.29, 0.717) is 4.48 Å². The highest BCUT2D eigenvalue weighted by Gasteiger charge is 1.89. The summed E-state index contributed by atoms with van der Waals surface area (Å²) in [6, 6.07) is 0. The predicted molar refractivity (Wildman–Crippen MR) is 38.0 cm³/mol. The second kappa shape index (κ2) is 3.49. The van der Waals surface area contributed by atoms with Crippen LogP contribution in [0.25, 0.3) is 0 Å². The quantitative estimate of drug-likeness (QED) is 0.422. The Balaban J connectivity index is 3.80. The Bertz CT molecular complexity index is 118. The van der Waals surface area contributed by atoms with Crippen molar-refractivity contribution < 1.29 is 0 Å². The first-order valence-electron chi connectivity index (χ1n) is 2.06. The fourth-order valence-electron chi connectivity index (χ4n) is 0.204. The monoisotopic (exact) mass is 177 g/mol. The lowest BCUT2D eigenvalue weighted by Crippen LogP contribution is -2.10. The summed E-state index contributed by atoms with van der Waals surface area (Å²) in [7, 11) is 1.74. The lowest BCUT2D eigenvalue weighted by atomic mass is 10.6. The van der Waals surface area contributed by atoms with E-state index >= 15 is 0 Å². The number of hydrogen-bond acceptors (Lipinski definition) is 2. The molecule has 3 nitrogen and oxygen atoms in total. The number of halogens is 1. The first-order chi connectivity index (χ1) is 3.68. The largest absolute Gasteiger partial charge is 0.393 e. The summed E-state index contributed by atoms with van der Waals surface area (Å²) in [6.45, 7) is 0. The summed E-state index contributed by atoms with van der Waals surface area (Å²) in [5, 5.41) is 9.55. The fourth-order valence-corrected chi connectivity index (χ4v) is 0.433. The van der Waals surface area contributed by atoms with Gasteiger partial charge in [0.05, 0.1) is 4.48 Å². The lowest BCUT2D eigenvalue weighted by Gasteiger charge is -1.91. The SMILES string of the molecule is CN/C=C(/Br)C(=N)N. The van der Waals surface area contributed by atoms with Gasteiger partial charge in [-0.2, -0.15) is 0 Å². The number of hydrogen-bond donors (Lipinski definition) is 3. The van der Waals surface area contributed by atoms with E-state index in [1.807, 2.05) is 0 Å². The van der Waals surface area contributed by atoms with Crippen LogP contribution in [0, 0.1) is 5.41 Å². The first kappa shape index (κ1) is 7.49. The molecule has 0 aromatic rings. The molecule has 0 heterocycles. The normalized spacial score (nSPS) is 11.0. The Labute approximate surface area is 56.6 Å². The van der Waals surface area contributed by atoms with E-state index in [0.717, 1.165) is 0 Å². The zero-order valence-corrected chi connectivity index (χ0v) is 6.12. The number of nitrogens with one attached hydrogen (secondary N) is 2. The second-order valence-corrected chi connectivity index (χ2v) is 2.05. The molecule has 0 atom stereocenters. The third-order valence-electron chi connectivity index (χ3n) is 0.528. The van der Waals surface area contributed by atoms with E-state index in [4.69, 9.17) is 11.1 Å². The van der Waals surface area contributed by atoms with E-state index in [1.54, 1.807) is 13.2 Å². The molecule has 0 spiro atoms. The molecule has 0 aliphatic heterocycles. The van der Waals surface area contributed by atoms with Crippen LogP contribution in [0.2, 0.25) is 0 Å². The van der Waals surface area contributed by atoms with E-state index in [1.165, 1.54) is 0 Å². The standard InChI is InChI=1S/C4H8BrN3/c1-8-2-3(5)4(6)7/h2,8H,1H3,(H3,6,7)/b3-2+. The van der Waals surface area contributed by atoms with E-state index < -0.39 is 0 Å². The topological polar surface area (TPSA) is 61.9 Å². The Kier molecular flexibility index (Phi) is 3.26. The molecule has 0 radical (unpaired) electrons. The van der Waals surface area contributed by atoms with Crippen LogP contribution in [0.4, 0.5) is 0 Å². The molecular weight excluding hydrogens is 170 g/mol. The summed E-state index contributed by atoms with van der Waals surface area (Å²) < 4.78 is 0.569. The van der Waals surface area contributed by atoms with Gasteiger partial charge >= 0.3 is 0 Å². The van der Waals surface area contributed by atoms with Crippen LogP contribution in [-0.4, -0.2) is 12.9 Å². The lowest BCUT2D eigenvalue weighted by molar-refractivity contribution is 1.10. The van der Waals surface area contributed by atoms with Crippen LogP contribution in [0.5, 0.6) is 0 Å². The van der Waals surface area contributed by atoms with Gasteiger partial charge in [-0.3, -0.25) is 5.41 Å². The highest BCUT2D eigenvalue weighted by atomic mass is 79.9. The van der Waals surface area contributed by atoms with E-state index in [-0.39, 0.29) is 5.84 Å². The predicted octanol–water partition coefficient (Wildman–Crippen LogP) is 0.378. The third-order valence-corrected chi connectivity index (χ3v) is 1.18. The van der Waals surface area contributed by atoms with Crippen molar-refractivity contribution in [2.75, 3.05) is 7.05 Å². The van der Waals surface area contributed by atoms with Crippen LogP contribution < -0.4 is 11.1 Å².